The van der Waals surface area contributed by atoms with Crippen molar-refractivity contribution in [1.82, 2.24) is 4.90 Å². The third-order valence-electron chi connectivity index (χ3n) is 2.46. The summed E-state index contributed by atoms with van der Waals surface area (Å²) in [6.45, 7) is 12.4. The normalized spacial score (nSPS) is 13.3. The molecule has 0 aromatic heterocycles. The van der Waals surface area contributed by atoms with Crippen LogP contribution >= 0.6 is 0 Å². The van der Waals surface area contributed by atoms with E-state index in [-0.39, 0.29) is 0 Å². The predicted octanol–water partition coefficient (Wildman–Crippen LogP) is 3.75. The summed E-state index contributed by atoms with van der Waals surface area (Å²) in [5, 5.41) is 0. The van der Waals surface area contributed by atoms with Crippen LogP contribution in [0.2, 0.25) is 0 Å². The summed E-state index contributed by atoms with van der Waals surface area (Å²) in [4.78, 5) is 2.29. The Kier molecular flexibility index (Phi) is 6.02. The highest BCUT2D eigenvalue weighted by Crippen LogP contribution is 2.19. The molecule has 0 bridgehead atoms. The molecule has 80 valence electrons. The molecule has 0 rings (SSSR count). The number of likely N-dealkylation sites (N-methyl/N-ethyl adjacent to an activating group) is 1. The Morgan fingerprint density at radius 3 is 2.29 bits per heavy atom. The van der Waals surface area contributed by atoms with Crippen molar-refractivity contribution in [2.24, 2.45) is 0 Å². The molecular formula is C13H23N. The molecule has 0 aromatic carbocycles. The number of hydrogen-bond acceptors (Lipinski definition) is 1. The number of hydrogen-bond donors (Lipinski definition) is 0. The van der Waals surface area contributed by atoms with E-state index in [1.165, 1.54) is 11.3 Å². The number of nitrogens with zero attached hydrogens (tertiary/aromatic N) is 1. The van der Waals surface area contributed by atoms with Crippen molar-refractivity contribution in [3.8, 4) is 0 Å². The van der Waals surface area contributed by atoms with E-state index in [4.69, 9.17) is 0 Å². The van der Waals surface area contributed by atoms with E-state index in [9.17, 15) is 0 Å². The van der Waals surface area contributed by atoms with E-state index in [0.717, 1.165) is 6.42 Å². The fourth-order valence-electron chi connectivity index (χ4n) is 1.42. The Hall–Kier alpha value is -0.980. The monoisotopic (exact) mass is 193 g/mol. The topological polar surface area (TPSA) is 3.24 Å². The van der Waals surface area contributed by atoms with Crippen LogP contribution in [0.3, 0.4) is 0 Å². The lowest BCUT2D eigenvalue weighted by Crippen LogP contribution is -2.26. The second kappa shape index (κ2) is 6.47. The van der Waals surface area contributed by atoms with Crippen molar-refractivity contribution in [3.05, 3.63) is 36.1 Å². The first-order valence-corrected chi connectivity index (χ1v) is 5.29. The summed E-state index contributed by atoms with van der Waals surface area (Å²) in [6, 6.07) is 0.529. The van der Waals surface area contributed by atoms with Gasteiger partial charge in [0.15, 0.2) is 0 Å². The van der Waals surface area contributed by atoms with Crippen molar-refractivity contribution < 1.29 is 0 Å². The Bertz CT molecular complexity index is 234. The Morgan fingerprint density at radius 2 is 2.00 bits per heavy atom. The van der Waals surface area contributed by atoms with Crippen LogP contribution in [0, 0.1) is 0 Å². The molecule has 0 saturated heterocycles. The molecule has 0 aromatic rings. The van der Waals surface area contributed by atoms with Crippen molar-refractivity contribution in [3.63, 3.8) is 0 Å². The van der Waals surface area contributed by atoms with Gasteiger partial charge in [-0.05, 0) is 32.8 Å². The molecule has 0 aliphatic carbocycles. The molecule has 0 aliphatic rings. The van der Waals surface area contributed by atoms with Crippen LogP contribution in [0.5, 0.6) is 0 Å². The van der Waals surface area contributed by atoms with Crippen LogP contribution in [0.1, 0.15) is 34.1 Å². The van der Waals surface area contributed by atoms with Gasteiger partial charge in [0.05, 0.1) is 0 Å². The number of rotatable bonds is 5. The first-order chi connectivity index (χ1) is 6.58. The average molecular weight is 193 g/mol. The van der Waals surface area contributed by atoms with E-state index >= 15 is 0 Å². The third-order valence-corrected chi connectivity index (χ3v) is 2.46. The first-order valence-electron chi connectivity index (χ1n) is 5.29. The molecule has 14 heavy (non-hydrogen) atoms. The molecule has 0 fully saturated rings. The quantitative estimate of drug-likeness (QED) is 0.601. The van der Waals surface area contributed by atoms with Crippen LogP contribution in [-0.2, 0) is 0 Å². The van der Waals surface area contributed by atoms with Crippen LogP contribution in [0.4, 0.5) is 0 Å². The molecule has 0 saturated carbocycles. The molecule has 0 radical (unpaired) electrons. The van der Waals surface area contributed by atoms with E-state index in [1.54, 1.807) is 0 Å². The van der Waals surface area contributed by atoms with Gasteiger partial charge in [0, 0.05) is 18.8 Å². The minimum absolute atomic E-state index is 0.529. The molecule has 1 nitrogen and oxygen atoms in total. The zero-order valence-corrected chi connectivity index (χ0v) is 10.2. The van der Waals surface area contributed by atoms with Crippen LogP contribution in [0.15, 0.2) is 36.1 Å². The SMILES string of the molecule is C=C/C=C(CC)\C(=C/C)N(C)C(C)C. The van der Waals surface area contributed by atoms with Crippen molar-refractivity contribution in [2.75, 3.05) is 7.05 Å². The zero-order chi connectivity index (χ0) is 11.1. The van der Waals surface area contributed by atoms with E-state index < -0.39 is 0 Å². The van der Waals surface area contributed by atoms with Gasteiger partial charge in [-0.2, -0.15) is 0 Å². The second-order valence-electron chi connectivity index (χ2n) is 3.66. The third kappa shape index (κ3) is 3.41. The summed E-state index contributed by atoms with van der Waals surface area (Å²) < 4.78 is 0. The smallest absolute Gasteiger partial charge is 0.0355 e. The van der Waals surface area contributed by atoms with Gasteiger partial charge in [-0.15, -0.1) is 0 Å². The van der Waals surface area contributed by atoms with Crippen molar-refractivity contribution in [2.45, 2.75) is 40.2 Å². The lowest BCUT2D eigenvalue weighted by atomic mass is 10.1. The minimum atomic E-state index is 0.529. The van der Waals surface area contributed by atoms with Crippen LogP contribution in [-0.4, -0.2) is 18.0 Å². The van der Waals surface area contributed by atoms with E-state index in [0.29, 0.717) is 6.04 Å². The lowest BCUT2D eigenvalue weighted by Gasteiger charge is -2.28. The van der Waals surface area contributed by atoms with Gasteiger partial charge >= 0.3 is 0 Å². The molecule has 0 spiro atoms. The first kappa shape index (κ1) is 13.0. The maximum atomic E-state index is 3.75. The predicted molar refractivity (Wildman–Crippen MR) is 65.2 cm³/mol. The maximum absolute atomic E-state index is 3.75. The van der Waals surface area contributed by atoms with E-state index in [1.807, 2.05) is 6.08 Å². The molecule has 0 N–H and O–H groups in total. The molecule has 0 amide bonds. The molecule has 0 atom stereocenters. The molecule has 0 heterocycles. The number of allylic oxidation sites excluding steroid dienone is 4. The largest absolute Gasteiger partial charge is 0.372 e. The van der Waals surface area contributed by atoms with Gasteiger partial charge in [-0.25, -0.2) is 0 Å². The summed E-state index contributed by atoms with van der Waals surface area (Å²) in [6.07, 6.45) is 7.16. The summed E-state index contributed by atoms with van der Waals surface area (Å²) >= 11 is 0. The Morgan fingerprint density at radius 1 is 1.43 bits per heavy atom. The second-order valence-corrected chi connectivity index (χ2v) is 3.66. The van der Waals surface area contributed by atoms with Crippen LogP contribution in [0.25, 0.3) is 0 Å². The summed E-state index contributed by atoms with van der Waals surface area (Å²) in [5.41, 5.74) is 2.65. The van der Waals surface area contributed by atoms with Crippen LogP contribution < -0.4 is 0 Å². The zero-order valence-electron chi connectivity index (χ0n) is 10.2. The maximum Gasteiger partial charge on any atom is 0.0355 e. The van der Waals surface area contributed by atoms with Gasteiger partial charge < -0.3 is 4.90 Å². The van der Waals surface area contributed by atoms with Gasteiger partial charge in [0.1, 0.15) is 0 Å². The van der Waals surface area contributed by atoms with Gasteiger partial charge in [0.25, 0.3) is 0 Å². The highest BCUT2D eigenvalue weighted by Gasteiger charge is 2.09. The fourth-order valence-corrected chi connectivity index (χ4v) is 1.42. The Labute approximate surface area is 88.8 Å². The van der Waals surface area contributed by atoms with Gasteiger partial charge in [0.2, 0.25) is 0 Å². The Balaban J connectivity index is 4.88. The average Bonchev–Trinajstić information content (AvgIpc) is 2.17. The molecular weight excluding hydrogens is 170 g/mol. The van der Waals surface area contributed by atoms with Crippen molar-refractivity contribution >= 4 is 0 Å². The lowest BCUT2D eigenvalue weighted by molar-refractivity contribution is 0.348. The van der Waals surface area contributed by atoms with Crippen molar-refractivity contribution in [1.29, 1.82) is 0 Å². The van der Waals surface area contributed by atoms with E-state index in [2.05, 4.69) is 58.4 Å². The summed E-state index contributed by atoms with van der Waals surface area (Å²) in [7, 11) is 2.13. The molecule has 1 heteroatoms. The fraction of sp³-hybridized carbons (Fsp3) is 0.538. The standard InChI is InChI=1S/C13H23N/c1-7-10-12(8-2)13(9-3)14(6)11(4)5/h7,9-11H,1,8H2,2-6H3/b12-10-,13-9+. The summed E-state index contributed by atoms with van der Waals surface area (Å²) in [5.74, 6) is 0. The molecule has 0 unspecified atom stereocenters. The highest BCUT2D eigenvalue weighted by atomic mass is 15.1. The highest BCUT2D eigenvalue weighted by molar-refractivity contribution is 5.31. The van der Waals surface area contributed by atoms with Gasteiger partial charge in [-0.1, -0.05) is 31.7 Å². The molecule has 0 aliphatic heterocycles. The minimum Gasteiger partial charge on any atom is -0.372 e. The van der Waals surface area contributed by atoms with Gasteiger partial charge in [-0.3, -0.25) is 0 Å².